The highest BCUT2D eigenvalue weighted by atomic mass is 16.2. The number of fused-ring (bicyclic) bond motifs is 3. The lowest BCUT2D eigenvalue weighted by molar-refractivity contribution is -0.133. The third-order valence-corrected chi connectivity index (χ3v) is 6.98. The molecule has 7 heteroatoms. The number of nitrogens with zero attached hydrogens (tertiary/aromatic N) is 6. The number of anilines is 1. The van der Waals surface area contributed by atoms with E-state index >= 15 is 0 Å². The standard InChI is InChI=1S/C26H28N6O/c1-2-20(18-8-4-3-5-9-18)25(33)30-14-16-31(17-15-30)26-27-22-11-7-6-10-21(22)24-29-28-23(32(24)26)19-12-13-19/h3-11,19-20H,2,12-17H2,1H3. The van der Waals surface area contributed by atoms with Crippen molar-refractivity contribution in [2.24, 2.45) is 0 Å². The molecule has 0 spiro atoms. The Balaban J connectivity index is 1.29. The van der Waals surface area contributed by atoms with E-state index in [0.717, 1.165) is 66.2 Å². The molecule has 6 rings (SSSR count). The SMILES string of the molecule is CCC(C(=O)N1CCN(c2nc3ccccc3c3nnc(C4CC4)n23)CC1)c1ccccc1. The fourth-order valence-electron chi connectivity index (χ4n) is 4.99. The molecule has 1 saturated carbocycles. The molecular formula is C26H28N6O. The largest absolute Gasteiger partial charge is 0.339 e. The fraction of sp³-hybridized carbons (Fsp3) is 0.385. The molecule has 1 aliphatic heterocycles. The van der Waals surface area contributed by atoms with Crippen LogP contribution in [0.1, 0.15) is 49.4 Å². The number of amides is 1. The number of hydrogen-bond donors (Lipinski definition) is 0. The van der Waals surface area contributed by atoms with Crippen molar-refractivity contribution in [3.63, 3.8) is 0 Å². The van der Waals surface area contributed by atoms with E-state index in [4.69, 9.17) is 4.98 Å². The molecule has 1 amide bonds. The van der Waals surface area contributed by atoms with Crippen molar-refractivity contribution in [2.45, 2.75) is 38.0 Å². The van der Waals surface area contributed by atoms with Gasteiger partial charge in [0.2, 0.25) is 11.9 Å². The highest BCUT2D eigenvalue weighted by molar-refractivity contribution is 5.92. The lowest BCUT2D eigenvalue weighted by Crippen LogP contribution is -2.50. The van der Waals surface area contributed by atoms with Crippen molar-refractivity contribution in [1.82, 2.24) is 24.5 Å². The van der Waals surface area contributed by atoms with Gasteiger partial charge >= 0.3 is 0 Å². The monoisotopic (exact) mass is 440 g/mol. The molecule has 0 radical (unpaired) electrons. The first-order chi connectivity index (χ1) is 16.2. The number of benzene rings is 2. The molecule has 1 atom stereocenters. The van der Waals surface area contributed by atoms with Crippen molar-refractivity contribution in [3.05, 3.63) is 66.0 Å². The van der Waals surface area contributed by atoms with Gasteiger partial charge in [0.1, 0.15) is 5.82 Å². The predicted octanol–water partition coefficient (Wildman–Crippen LogP) is 4.00. The van der Waals surface area contributed by atoms with E-state index in [-0.39, 0.29) is 11.8 Å². The first-order valence-electron chi connectivity index (χ1n) is 12.0. The Kier molecular flexibility index (Phi) is 4.97. The summed E-state index contributed by atoms with van der Waals surface area (Å²) in [5, 5.41) is 10.1. The minimum atomic E-state index is -0.0810. The van der Waals surface area contributed by atoms with Crippen molar-refractivity contribution in [3.8, 4) is 0 Å². The lowest BCUT2D eigenvalue weighted by Gasteiger charge is -2.37. The molecule has 3 heterocycles. The van der Waals surface area contributed by atoms with Gasteiger partial charge in [-0.15, -0.1) is 10.2 Å². The summed E-state index contributed by atoms with van der Waals surface area (Å²) in [7, 11) is 0. The van der Waals surface area contributed by atoms with Gasteiger partial charge in [-0.1, -0.05) is 49.4 Å². The van der Waals surface area contributed by atoms with Crippen LogP contribution in [0.3, 0.4) is 0 Å². The van der Waals surface area contributed by atoms with Gasteiger partial charge in [-0.2, -0.15) is 0 Å². The molecule has 33 heavy (non-hydrogen) atoms. The Morgan fingerprint density at radius 2 is 1.70 bits per heavy atom. The molecular weight excluding hydrogens is 412 g/mol. The van der Waals surface area contributed by atoms with Crippen LogP contribution in [0.25, 0.3) is 16.6 Å². The Morgan fingerprint density at radius 3 is 2.42 bits per heavy atom. The Hall–Kier alpha value is -3.48. The van der Waals surface area contributed by atoms with Gasteiger partial charge in [0, 0.05) is 37.5 Å². The minimum Gasteiger partial charge on any atom is -0.339 e. The average molecular weight is 441 g/mol. The van der Waals surface area contributed by atoms with Crippen LogP contribution in [0.15, 0.2) is 54.6 Å². The van der Waals surface area contributed by atoms with Crippen LogP contribution in [0.5, 0.6) is 0 Å². The number of carbonyl (C=O) groups excluding carboxylic acids is 1. The van der Waals surface area contributed by atoms with Crippen LogP contribution in [0.2, 0.25) is 0 Å². The first kappa shape index (κ1) is 20.1. The molecule has 1 unspecified atom stereocenters. The van der Waals surface area contributed by atoms with E-state index in [1.807, 2.05) is 41.3 Å². The number of carbonyl (C=O) groups is 1. The van der Waals surface area contributed by atoms with E-state index in [1.165, 1.54) is 0 Å². The molecule has 1 aliphatic carbocycles. The van der Waals surface area contributed by atoms with Crippen molar-refractivity contribution >= 4 is 28.4 Å². The maximum Gasteiger partial charge on any atom is 0.230 e. The average Bonchev–Trinajstić information content (AvgIpc) is 3.62. The summed E-state index contributed by atoms with van der Waals surface area (Å²) in [5.41, 5.74) is 2.92. The lowest BCUT2D eigenvalue weighted by atomic mass is 9.95. The number of rotatable bonds is 5. The van der Waals surface area contributed by atoms with Crippen molar-refractivity contribution in [2.75, 3.05) is 31.1 Å². The summed E-state index contributed by atoms with van der Waals surface area (Å²) in [6.45, 7) is 4.98. The second-order valence-corrected chi connectivity index (χ2v) is 9.10. The molecule has 2 fully saturated rings. The molecule has 1 saturated heterocycles. The third-order valence-electron chi connectivity index (χ3n) is 6.98. The topological polar surface area (TPSA) is 66.6 Å². The highest BCUT2D eigenvalue weighted by Crippen LogP contribution is 2.40. The number of hydrogen-bond acceptors (Lipinski definition) is 5. The van der Waals surface area contributed by atoms with Gasteiger partial charge in [-0.25, -0.2) is 9.38 Å². The quantitative estimate of drug-likeness (QED) is 0.469. The van der Waals surface area contributed by atoms with Crippen LogP contribution < -0.4 is 4.90 Å². The minimum absolute atomic E-state index is 0.0810. The summed E-state index contributed by atoms with van der Waals surface area (Å²) in [6.07, 6.45) is 3.13. The molecule has 2 aromatic heterocycles. The van der Waals surface area contributed by atoms with Crippen LogP contribution in [0, 0.1) is 0 Å². The zero-order valence-electron chi connectivity index (χ0n) is 18.9. The fourth-order valence-corrected chi connectivity index (χ4v) is 4.99. The maximum absolute atomic E-state index is 13.3. The first-order valence-corrected chi connectivity index (χ1v) is 12.0. The van der Waals surface area contributed by atoms with Crippen LogP contribution in [-0.2, 0) is 4.79 Å². The zero-order valence-corrected chi connectivity index (χ0v) is 18.9. The van der Waals surface area contributed by atoms with Crippen molar-refractivity contribution < 1.29 is 4.79 Å². The van der Waals surface area contributed by atoms with E-state index in [1.54, 1.807) is 0 Å². The molecule has 2 aliphatic rings. The molecule has 2 aromatic carbocycles. The molecule has 7 nitrogen and oxygen atoms in total. The summed E-state index contributed by atoms with van der Waals surface area (Å²) in [6, 6.07) is 18.3. The summed E-state index contributed by atoms with van der Waals surface area (Å²) >= 11 is 0. The van der Waals surface area contributed by atoms with Gasteiger partial charge in [-0.05, 0) is 37.0 Å². The number of piperazine rings is 1. The van der Waals surface area contributed by atoms with E-state index in [2.05, 4.69) is 44.6 Å². The van der Waals surface area contributed by atoms with Gasteiger partial charge in [0.05, 0.1) is 11.4 Å². The van der Waals surface area contributed by atoms with Crippen molar-refractivity contribution in [1.29, 1.82) is 0 Å². The summed E-state index contributed by atoms with van der Waals surface area (Å²) < 4.78 is 2.16. The van der Waals surface area contributed by atoms with Gasteiger partial charge in [0.25, 0.3) is 0 Å². The Labute approximate surface area is 193 Å². The third kappa shape index (κ3) is 3.52. The maximum atomic E-state index is 13.3. The molecule has 0 N–H and O–H groups in total. The molecule has 4 aromatic rings. The van der Waals surface area contributed by atoms with Gasteiger partial charge in [0.15, 0.2) is 5.65 Å². The second-order valence-electron chi connectivity index (χ2n) is 9.10. The van der Waals surface area contributed by atoms with Gasteiger partial charge < -0.3 is 9.80 Å². The number of aromatic nitrogens is 4. The van der Waals surface area contributed by atoms with E-state index < -0.39 is 0 Å². The summed E-state index contributed by atoms with van der Waals surface area (Å²) in [5.74, 6) is 2.54. The normalized spacial score (nSPS) is 17.6. The van der Waals surface area contributed by atoms with Crippen LogP contribution in [-0.4, -0.2) is 56.6 Å². The summed E-state index contributed by atoms with van der Waals surface area (Å²) in [4.78, 5) is 22.7. The van der Waals surface area contributed by atoms with E-state index in [0.29, 0.717) is 19.0 Å². The smallest absolute Gasteiger partial charge is 0.230 e. The molecule has 168 valence electrons. The van der Waals surface area contributed by atoms with Crippen LogP contribution >= 0.6 is 0 Å². The highest BCUT2D eigenvalue weighted by Gasteiger charge is 2.33. The Bertz CT molecular complexity index is 1300. The van der Waals surface area contributed by atoms with Gasteiger partial charge in [-0.3, -0.25) is 4.79 Å². The van der Waals surface area contributed by atoms with E-state index in [9.17, 15) is 4.79 Å². The predicted molar refractivity (Wildman–Crippen MR) is 129 cm³/mol. The number of para-hydroxylation sites is 1. The Morgan fingerprint density at radius 1 is 0.970 bits per heavy atom. The second kappa shape index (κ2) is 8.14. The van der Waals surface area contributed by atoms with Crippen LogP contribution in [0.4, 0.5) is 5.95 Å². The zero-order chi connectivity index (χ0) is 22.4. The molecule has 0 bridgehead atoms.